The molecule has 0 fully saturated rings. The van der Waals surface area contributed by atoms with Crippen molar-refractivity contribution in [2.75, 3.05) is 5.32 Å². The highest BCUT2D eigenvalue weighted by Gasteiger charge is 2.18. The van der Waals surface area contributed by atoms with Crippen molar-refractivity contribution in [1.82, 2.24) is 5.48 Å². The molecular weight excluding hydrogens is 300 g/mol. The lowest BCUT2D eigenvalue weighted by Crippen LogP contribution is -2.19. The highest BCUT2D eigenvalue weighted by Crippen LogP contribution is 2.30. The maximum Gasteiger partial charge on any atom is 0.274 e. The molecule has 1 heterocycles. The van der Waals surface area contributed by atoms with E-state index >= 15 is 0 Å². The van der Waals surface area contributed by atoms with Crippen LogP contribution in [0.2, 0.25) is 0 Å². The number of nitrogens with one attached hydrogen (secondary N) is 2. The molecule has 0 bridgehead atoms. The molecule has 0 radical (unpaired) electrons. The third-order valence-electron chi connectivity index (χ3n) is 3.41. The van der Waals surface area contributed by atoms with E-state index in [1.807, 2.05) is 0 Å². The molecule has 0 spiro atoms. The van der Waals surface area contributed by atoms with Gasteiger partial charge < -0.3 is 5.32 Å². The largest absolute Gasteiger partial charge is 0.343 e. The van der Waals surface area contributed by atoms with E-state index in [1.54, 1.807) is 35.8 Å². The summed E-state index contributed by atoms with van der Waals surface area (Å²) in [6.07, 6.45) is 0.518. The Balaban J connectivity index is 1.81. The second-order valence-corrected chi connectivity index (χ2v) is 4.95. The maximum atomic E-state index is 11.4. The summed E-state index contributed by atoms with van der Waals surface area (Å²) < 4.78 is 0. The fraction of sp³-hybridized carbons (Fsp3) is 0.0667. The number of hydrogen-bond donors (Lipinski definition) is 3. The topological polar surface area (TPSA) is 117 Å². The van der Waals surface area contributed by atoms with E-state index < -0.39 is 10.8 Å². The zero-order chi connectivity index (χ0) is 16.4. The van der Waals surface area contributed by atoms with Gasteiger partial charge >= 0.3 is 0 Å². The van der Waals surface area contributed by atoms with Crippen LogP contribution in [0.1, 0.15) is 15.9 Å². The van der Waals surface area contributed by atoms with Gasteiger partial charge in [-0.15, -0.1) is 0 Å². The van der Waals surface area contributed by atoms with Gasteiger partial charge in [-0.2, -0.15) is 0 Å². The summed E-state index contributed by atoms with van der Waals surface area (Å²) >= 11 is 0. The van der Waals surface area contributed by atoms with Gasteiger partial charge in [-0.3, -0.25) is 20.1 Å². The third-order valence-corrected chi connectivity index (χ3v) is 3.41. The number of carbonyl (C=O) groups excluding carboxylic acids is 1. The minimum atomic E-state index is -0.610. The van der Waals surface area contributed by atoms with E-state index in [9.17, 15) is 14.9 Å². The summed E-state index contributed by atoms with van der Waals surface area (Å²) in [6, 6.07) is 11.1. The van der Waals surface area contributed by atoms with Crippen LogP contribution in [0.3, 0.4) is 0 Å². The number of non-ortho nitro benzene ring substituents is 1. The Bertz CT molecular complexity index is 832. The number of nitro groups is 1. The average Bonchev–Trinajstić information content (AvgIpc) is 2.95. The van der Waals surface area contributed by atoms with Crippen molar-refractivity contribution >= 4 is 28.8 Å². The third kappa shape index (κ3) is 3.01. The Morgan fingerprint density at radius 1 is 1.26 bits per heavy atom. The monoisotopic (exact) mass is 312 g/mol. The fourth-order valence-electron chi connectivity index (χ4n) is 2.33. The lowest BCUT2D eigenvalue weighted by molar-refractivity contribution is -0.384. The quantitative estimate of drug-likeness (QED) is 0.457. The lowest BCUT2D eigenvalue weighted by atomic mass is 10.1. The molecule has 0 saturated carbocycles. The maximum absolute atomic E-state index is 11.4. The number of amidine groups is 1. The number of benzene rings is 2. The molecule has 0 aromatic heterocycles. The Morgan fingerprint density at radius 2 is 2.09 bits per heavy atom. The Morgan fingerprint density at radius 3 is 2.83 bits per heavy atom. The Labute approximate surface area is 130 Å². The highest BCUT2D eigenvalue weighted by molar-refractivity contribution is 6.03. The van der Waals surface area contributed by atoms with Crippen molar-refractivity contribution in [1.29, 1.82) is 0 Å². The minimum absolute atomic E-state index is 0.00429. The van der Waals surface area contributed by atoms with Crippen LogP contribution < -0.4 is 10.8 Å². The van der Waals surface area contributed by atoms with Gasteiger partial charge in [0.25, 0.3) is 11.6 Å². The second-order valence-electron chi connectivity index (χ2n) is 4.95. The summed E-state index contributed by atoms with van der Waals surface area (Å²) in [6.45, 7) is 0. The van der Waals surface area contributed by atoms with Crippen LogP contribution in [0.4, 0.5) is 17.1 Å². The minimum Gasteiger partial charge on any atom is -0.343 e. The van der Waals surface area contributed by atoms with E-state index in [0.717, 1.165) is 5.56 Å². The summed E-state index contributed by atoms with van der Waals surface area (Å²) in [5.41, 5.74) is 3.95. The van der Waals surface area contributed by atoms with Gasteiger partial charge in [0.05, 0.1) is 10.6 Å². The van der Waals surface area contributed by atoms with Crippen molar-refractivity contribution in [3.8, 4) is 0 Å². The first-order valence-corrected chi connectivity index (χ1v) is 6.73. The number of nitro benzene ring substituents is 1. The van der Waals surface area contributed by atoms with Gasteiger partial charge in [0.15, 0.2) is 0 Å². The van der Waals surface area contributed by atoms with Crippen molar-refractivity contribution in [3.63, 3.8) is 0 Å². The molecule has 23 heavy (non-hydrogen) atoms. The Hall–Kier alpha value is -3.26. The second kappa shape index (κ2) is 5.85. The van der Waals surface area contributed by atoms with Gasteiger partial charge in [-0.25, -0.2) is 10.5 Å². The van der Waals surface area contributed by atoms with Crippen LogP contribution in [-0.4, -0.2) is 21.9 Å². The van der Waals surface area contributed by atoms with Crippen LogP contribution >= 0.6 is 0 Å². The Kier molecular flexibility index (Phi) is 3.73. The van der Waals surface area contributed by atoms with Crippen molar-refractivity contribution in [2.24, 2.45) is 4.99 Å². The number of anilines is 1. The van der Waals surface area contributed by atoms with E-state index in [-0.39, 0.29) is 5.69 Å². The number of fused-ring (bicyclic) bond motifs is 1. The van der Waals surface area contributed by atoms with Crippen LogP contribution in [0.5, 0.6) is 0 Å². The molecule has 3 N–H and O–H groups in total. The van der Waals surface area contributed by atoms with Gasteiger partial charge in [0, 0.05) is 29.8 Å². The first-order valence-electron chi connectivity index (χ1n) is 6.73. The van der Waals surface area contributed by atoms with Gasteiger partial charge in [-0.1, -0.05) is 6.07 Å². The highest BCUT2D eigenvalue weighted by atomic mass is 16.6. The molecule has 0 saturated heterocycles. The molecule has 1 aliphatic rings. The van der Waals surface area contributed by atoms with Crippen LogP contribution in [0, 0.1) is 10.1 Å². The fourth-order valence-corrected chi connectivity index (χ4v) is 2.33. The lowest BCUT2D eigenvalue weighted by Gasteiger charge is -2.07. The molecule has 1 amide bonds. The zero-order valence-electron chi connectivity index (χ0n) is 11.8. The smallest absolute Gasteiger partial charge is 0.274 e. The predicted octanol–water partition coefficient (Wildman–Crippen LogP) is 2.41. The number of carbonyl (C=O) groups is 1. The number of nitrogens with zero attached hydrogens (tertiary/aromatic N) is 2. The number of hydroxylamine groups is 1. The molecule has 116 valence electrons. The van der Waals surface area contributed by atoms with Crippen LogP contribution in [-0.2, 0) is 6.42 Å². The number of rotatable bonds is 3. The summed E-state index contributed by atoms with van der Waals surface area (Å²) in [5, 5.41) is 22.5. The number of aliphatic imine (C=N–C) groups is 1. The number of amides is 1. The van der Waals surface area contributed by atoms with Crippen LogP contribution in [0.25, 0.3) is 0 Å². The van der Waals surface area contributed by atoms with E-state index in [2.05, 4.69) is 10.3 Å². The molecule has 1 aliphatic heterocycles. The molecule has 0 unspecified atom stereocenters. The molecule has 2 aromatic rings. The molecule has 0 atom stereocenters. The molecular formula is C15H12N4O4. The molecule has 2 aromatic carbocycles. The number of hydrogen-bond acceptors (Lipinski definition) is 6. The molecule has 3 rings (SSSR count). The predicted molar refractivity (Wildman–Crippen MR) is 83.2 cm³/mol. The van der Waals surface area contributed by atoms with E-state index in [1.165, 1.54) is 12.1 Å². The van der Waals surface area contributed by atoms with Crippen molar-refractivity contribution in [3.05, 3.63) is 63.7 Å². The van der Waals surface area contributed by atoms with E-state index in [0.29, 0.717) is 29.2 Å². The average molecular weight is 312 g/mol. The van der Waals surface area contributed by atoms with Gasteiger partial charge in [-0.05, 0) is 29.8 Å². The summed E-state index contributed by atoms with van der Waals surface area (Å²) in [7, 11) is 0. The van der Waals surface area contributed by atoms with Gasteiger partial charge in [0.1, 0.15) is 5.84 Å². The molecule has 8 nitrogen and oxygen atoms in total. The molecule has 0 aliphatic carbocycles. The first-order chi connectivity index (χ1) is 11.1. The van der Waals surface area contributed by atoms with E-state index in [4.69, 9.17) is 5.21 Å². The molecule has 8 heteroatoms. The van der Waals surface area contributed by atoms with Crippen molar-refractivity contribution in [2.45, 2.75) is 6.42 Å². The summed E-state index contributed by atoms with van der Waals surface area (Å²) in [4.78, 5) is 26.1. The SMILES string of the molecule is O=C(NO)c1cccc(NC2=Nc3cc([N+](=O)[O-])ccc3C2)c1. The standard InChI is InChI=1S/C15H12N4O4/c20-15(18-21)10-2-1-3-11(6-10)16-14-7-9-4-5-12(19(22)23)8-13(9)17-14/h1-6,8,21H,7H2,(H,16,17)(H,18,20). The van der Waals surface area contributed by atoms with Crippen molar-refractivity contribution < 1.29 is 14.9 Å². The zero-order valence-corrected chi connectivity index (χ0v) is 11.8. The summed E-state index contributed by atoms with van der Waals surface area (Å²) in [5.74, 6) is 0.0166. The first kappa shape index (κ1) is 14.7. The van der Waals surface area contributed by atoms with Crippen LogP contribution in [0.15, 0.2) is 47.5 Å². The van der Waals surface area contributed by atoms with Gasteiger partial charge in [0.2, 0.25) is 0 Å². The normalized spacial score (nSPS) is 12.3.